The van der Waals surface area contributed by atoms with Gasteiger partial charge in [-0.2, -0.15) is 0 Å². The van der Waals surface area contributed by atoms with Crippen molar-refractivity contribution in [1.82, 2.24) is 0 Å². The highest BCUT2D eigenvalue weighted by atomic mass is 79.9. The van der Waals surface area contributed by atoms with Crippen molar-refractivity contribution >= 4 is 44.8 Å². The summed E-state index contributed by atoms with van der Waals surface area (Å²) in [6.07, 6.45) is 0. The summed E-state index contributed by atoms with van der Waals surface area (Å²) in [5.41, 5.74) is 2.50. The van der Waals surface area contributed by atoms with Gasteiger partial charge in [-0.3, -0.25) is 0 Å². The summed E-state index contributed by atoms with van der Waals surface area (Å²) in [7, 11) is 1.55. The van der Waals surface area contributed by atoms with Crippen LogP contribution < -0.4 is 14.8 Å². The van der Waals surface area contributed by atoms with E-state index in [2.05, 4.69) is 21.2 Å². The van der Waals surface area contributed by atoms with Crippen molar-refractivity contribution in [3.63, 3.8) is 0 Å². The lowest BCUT2D eigenvalue weighted by Gasteiger charge is -2.15. The second-order valence-corrected chi connectivity index (χ2v) is 7.68. The van der Waals surface area contributed by atoms with E-state index in [0.29, 0.717) is 33.7 Å². The highest BCUT2D eigenvalue weighted by Crippen LogP contribution is 2.37. The quantitative estimate of drug-likeness (QED) is 0.388. The number of hydrogen-bond acceptors (Lipinski definition) is 3. The first kappa shape index (κ1) is 20.8. The van der Waals surface area contributed by atoms with Crippen molar-refractivity contribution in [1.29, 1.82) is 0 Å². The molecule has 1 N–H and O–H groups in total. The first-order valence-corrected chi connectivity index (χ1v) is 9.93. The largest absolute Gasteiger partial charge is 0.493 e. The minimum atomic E-state index is -0.311. The number of methoxy groups -OCH3 is 1. The lowest BCUT2D eigenvalue weighted by molar-refractivity contribution is 0.284. The number of rotatable bonds is 7. The predicted octanol–water partition coefficient (Wildman–Crippen LogP) is 7.09. The number of hydrogen-bond donors (Lipinski definition) is 1. The van der Waals surface area contributed by atoms with E-state index in [0.717, 1.165) is 15.7 Å². The fraction of sp³-hybridized carbons (Fsp3) is 0.143. The summed E-state index contributed by atoms with van der Waals surface area (Å²) < 4.78 is 25.4. The Balaban J connectivity index is 1.72. The van der Waals surface area contributed by atoms with E-state index in [9.17, 15) is 4.39 Å². The Kier molecular flexibility index (Phi) is 7.05. The van der Waals surface area contributed by atoms with Gasteiger partial charge in [0, 0.05) is 16.7 Å². The number of halogens is 4. The molecule has 0 aromatic heterocycles. The molecule has 0 aliphatic heterocycles. The molecule has 0 heterocycles. The molecule has 0 saturated heterocycles. The van der Waals surface area contributed by atoms with Crippen molar-refractivity contribution in [3.05, 3.63) is 86.1 Å². The van der Waals surface area contributed by atoms with Crippen LogP contribution in [0.2, 0.25) is 10.0 Å². The highest BCUT2D eigenvalue weighted by molar-refractivity contribution is 9.10. The Morgan fingerprint density at radius 3 is 2.54 bits per heavy atom. The molecule has 0 aliphatic carbocycles. The maximum atomic E-state index is 13.3. The van der Waals surface area contributed by atoms with Crippen molar-refractivity contribution in [3.8, 4) is 11.5 Å². The monoisotopic (exact) mass is 483 g/mol. The van der Waals surface area contributed by atoms with Crippen LogP contribution in [0.1, 0.15) is 11.1 Å². The second kappa shape index (κ2) is 9.50. The lowest BCUT2D eigenvalue weighted by Crippen LogP contribution is -2.03. The molecule has 0 fully saturated rings. The van der Waals surface area contributed by atoms with E-state index in [-0.39, 0.29) is 12.4 Å². The number of nitrogens with one attached hydrogen (secondary N) is 1. The minimum Gasteiger partial charge on any atom is -0.493 e. The SMILES string of the molecule is COc1cc(CNc2ccc(Br)c(Cl)c2)cc(Cl)c1OCc1cccc(F)c1. The van der Waals surface area contributed by atoms with Crippen molar-refractivity contribution in [2.24, 2.45) is 0 Å². The molecule has 7 heteroatoms. The summed E-state index contributed by atoms with van der Waals surface area (Å²) in [6, 6.07) is 15.5. The minimum absolute atomic E-state index is 0.183. The zero-order valence-corrected chi connectivity index (χ0v) is 18.0. The molecule has 0 atom stereocenters. The molecule has 0 aliphatic rings. The summed E-state index contributed by atoms with van der Waals surface area (Å²) in [4.78, 5) is 0. The lowest BCUT2D eigenvalue weighted by atomic mass is 10.2. The average Bonchev–Trinajstić information content (AvgIpc) is 2.67. The fourth-order valence-corrected chi connectivity index (χ4v) is 3.32. The van der Waals surface area contributed by atoms with Gasteiger partial charge >= 0.3 is 0 Å². The van der Waals surface area contributed by atoms with E-state index in [1.807, 2.05) is 24.3 Å². The zero-order valence-electron chi connectivity index (χ0n) is 14.9. The molecular formula is C21H17BrCl2FNO2. The molecule has 146 valence electrons. The number of ether oxygens (including phenoxy) is 2. The number of anilines is 1. The Morgan fingerprint density at radius 2 is 1.82 bits per heavy atom. The average molecular weight is 485 g/mol. The normalized spacial score (nSPS) is 10.6. The van der Waals surface area contributed by atoms with E-state index in [1.165, 1.54) is 12.1 Å². The molecule has 3 rings (SSSR count). The van der Waals surface area contributed by atoms with Gasteiger partial charge in [0.25, 0.3) is 0 Å². The first-order valence-electron chi connectivity index (χ1n) is 8.39. The van der Waals surface area contributed by atoms with Crippen LogP contribution in [0.3, 0.4) is 0 Å². The Labute approximate surface area is 181 Å². The topological polar surface area (TPSA) is 30.5 Å². The third-order valence-electron chi connectivity index (χ3n) is 3.98. The van der Waals surface area contributed by atoms with Gasteiger partial charge in [0.05, 0.1) is 17.2 Å². The smallest absolute Gasteiger partial charge is 0.180 e. The standard InChI is InChI=1S/C21H17BrCl2FNO2/c1-27-20-9-14(11-26-16-5-6-17(22)18(23)10-16)8-19(24)21(20)28-12-13-3-2-4-15(25)7-13/h2-10,26H,11-12H2,1H3. The van der Waals surface area contributed by atoms with Gasteiger partial charge < -0.3 is 14.8 Å². The van der Waals surface area contributed by atoms with Gasteiger partial charge in [0.15, 0.2) is 11.5 Å². The Morgan fingerprint density at radius 1 is 1.00 bits per heavy atom. The van der Waals surface area contributed by atoms with Crippen molar-refractivity contribution in [2.75, 3.05) is 12.4 Å². The predicted molar refractivity (Wildman–Crippen MR) is 115 cm³/mol. The van der Waals surface area contributed by atoms with Gasteiger partial charge in [-0.1, -0.05) is 35.3 Å². The van der Waals surface area contributed by atoms with E-state index < -0.39 is 0 Å². The van der Waals surface area contributed by atoms with Crippen LogP contribution in [0.25, 0.3) is 0 Å². The molecule has 0 unspecified atom stereocenters. The molecule has 3 aromatic rings. The summed E-state index contributed by atoms with van der Waals surface area (Å²) in [6.45, 7) is 0.709. The van der Waals surface area contributed by atoms with Gasteiger partial charge in [-0.25, -0.2) is 4.39 Å². The molecule has 0 spiro atoms. The maximum Gasteiger partial charge on any atom is 0.180 e. The van der Waals surface area contributed by atoms with Crippen molar-refractivity contribution < 1.29 is 13.9 Å². The molecule has 0 saturated carbocycles. The van der Waals surface area contributed by atoms with Crippen LogP contribution in [0, 0.1) is 5.82 Å². The maximum absolute atomic E-state index is 13.3. The Bertz CT molecular complexity index is 985. The van der Waals surface area contributed by atoms with Crippen LogP contribution in [-0.2, 0) is 13.2 Å². The summed E-state index contributed by atoms with van der Waals surface area (Å²) in [5, 5.41) is 4.33. The highest BCUT2D eigenvalue weighted by Gasteiger charge is 2.13. The molecule has 3 aromatic carbocycles. The van der Waals surface area contributed by atoms with Gasteiger partial charge in [-0.15, -0.1) is 0 Å². The summed E-state index contributed by atoms with van der Waals surface area (Å²) in [5.74, 6) is 0.618. The molecular weight excluding hydrogens is 468 g/mol. The molecule has 0 bridgehead atoms. The Hall–Kier alpha value is -1.95. The van der Waals surface area contributed by atoms with Crippen LogP contribution in [0.5, 0.6) is 11.5 Å². The summed E-state index contributed by atoms with van der Waals surface area (Å²) >= 11 is 15.9. The first-order chi connectivity index (χ1) is 13.5. The molecule has 0 amide bonds. The zero-order chi connectivity index (χ0) is 20.1. The van der Waals surface area contributed by atoms with Crippen LogP contribution >= 0.6 is 39.1 Å². The fourth-order valence-electron chi connectivity index (χ4n) is 2.61. The van der Waals surface area contributed by atoms with Crippen LogP contribution in [0.15, 0.2) is 59.1 Å². The van der Waals surface area contributed by atoms with E-state index >= 15 is 0 Å². The van der Waals surface area contributed by atoms with Crippen LogP contribution in [0.4, 0.5) is 10.1 Å². The molecule has 28 heavy (non-hydrogen) atoms. The van der Waals surface area contributed by atoms with Crippen LogP contribution in [-0.4, -0.2) is 7.11 Å². The third kappa shape index (κ3) is 5.31. The van der Waals surface area contributed by atoms with E-state index in [4.69, 9.17) is 32.7 Å². The third-order valence-corrected chi connectivity index (χ3v) is 5.49. The van der Waals surface area contributed by atoms with Gasteiger partial charge in [-0.05, 0) is 69.5 Å². The molecule has 3 nitrogen and oxygen atoms in total. The van der Waals surface area contributed by atoms with Gasteiger partial charge in [0.1, 0.15) is 12.4 Å². The van der Waals surface area contributed by atoms with Gasteiger partial charge in [0.2, 0.25) is 0 Å². The van der Waals surface area contributed by atoms with Crippen molar-refractivity contribution in [2.45, 2.75) is 13.2 Å². The molecule has 0 radical (unpaired) electrons. The second-order valence-electron chi connectivity index (χ2n) is 6.01. The van der Waals surface area contributed by atoms with E-state index in [1.54, 1.807) is 25.3 Å². The number of benzene rings is 3.